The number of pyridine rings is 1. The second-order valence-corrected chi connectivity index (χ2v) is 3.54. The first-order chi connectivity index (χ1) is 7.63. The molecule has 1 aromatic rings. The Labute approximate surface area is 95.2 Å². The molecule has 0 atom stereocenters. The number of rotatable bonds is 5. The summed E-state index contributed by atoms with van der Waals surface area (Å²) in [4.78, 5) is 16.9. The molecule has 5 heteroatoms. The number of nitrogen functional groups attached to an aromatic ring is 1. The van der Waals surface area contributed by atoms with Gasteiger partial charge in [-0.15, -0.1) is 0 Å². The summed E-state index contributed by atoms with van der Waals surface area (Å²) in [5, 5.41) is 0. The van der Waals surface area contributed by atoms with Crippen LogP contribution in [0.2, 0.25) is 0 Å². The van der Waals surface area contributed by atoms with Crippen molar-refractivity contribution < 1.29 is 9.53 Å². The van der Waals surface area contributed by atoms with Crippen molar-refractivity contribution >= 4 is 17.5 Å². The number of hydrogen-bond donors (Lipinski definition) is 1. The molecule has 0 bridgehead atoms. The van der Waals surface area contributed by atoms with Crippen LogP contribution in [-0.2, 0) is 9.53 Å². The maximum absolute atomic E-state index is 10.9. The fourth-order valence-electron chi connectivity index (χ4n) is 1.37. The first kappa shape index (κ1) is 12.3. The van der Waals surface area contributed by atoms with Crippen molar-refractivity contribution in [3.05, 3.63) is 18.3 Å². The van der Waals surface area contributed by atoms with Gasteiger partial charge in [0.2, 0.25) is 0 Å². The van der Waals surface area contributed by atoms with Gasteiger partial charge in [-0.25, -0.2) is 4.98 Å². The zero-order valence-electron chi connectivity index (χ0n) is 9.64. The second kappa shape index (κ2) is 5.95. The van der Waals surface area contributed by atoms with E-state index in [0.717, 1.165) is 18.7 Å². The van der Waals surface area contributed by atoms with E-state index in [9.17, 15) is 4.79 Å². The summed E-state index contributed by atoms with van der Waals surface area (Å²) in [6, 6.07) is 3.69. The van der Waals surface area contributed by atoms with Crippen molar-refractivity contribution in [2.45, 2.75) is 12.8 Å². The number of methoxy groups -OCH3 is 1. The van der Waals surface area contributed by atoms with E-state index in [1.165, 1.54) is 7.11 Å². The Morgan fingerprint density at radius 2 is 2.38 bits per heavy atom. The van der Waals surface area contributed by atoms with E-state index in [2.05, 4.69) is 9.72 Å². The van der Waals surface area contributed by atoms with E-state index in [1.54, 1.807) is 12.3 Å². The largest absolute Gasteiger partial charge is 0.469 e. The molecule has 0 radical (unpaired) electrons. The molecule has 0 saturated carbocycles. The minimum Gasteiger partial charge on any atom is -0.469 e. The van der Waals surface area contributed by atoms with Crippen LogP contribution in [0.1, 0.15) is 12.8 Å². The Morgan fingerprint density at radius 1 is 1.62 bits per heavy atom. The molecule has 0 aliphatic rings. The molecule has 0 saturated heterocycles. The number of aromatic nitrogens is 1. The first-order valence-corrected chi connectivity index (χ1v) is 5.13. The molecule has 0 aliphatic carbocycles. The number of carbonyl (C=O) groups is 1. The van der Waals surface area contributed by atoms with Crippen molar-refractivity contribution in [3.63, 3.8) is 0 Å². The zero-order chi connectivity index (χ0) is 12.0. The lowest BCUT2D eigenvalue weighted by Gasteiger charge is -2.18. The summed E-state index contributed by atoms with van der Waals surface area (Å²) >= 11 is 0. The summed E-state index contributed by atoms with van der Waals surface area (Å²) in [5.41, 5.74) is 6.58. The normalized spacial score (nSPS) is 9.88. The molecular formula is C11H17N3O2. The number of hydrogen-bond acceptors (Lipinski definition) is 5. The summed E-state index contributed by atoms with van der Waals surface area (Å²) in [6.07, 6.45) is 2.86. The molecule has 0 aliphatic heterocycles. The molecule has 2 N–H and O–H groups in total. The molecule has 0 unspecified atom stereocenters. The minimum atomic E-state index is -0.178. The van der Waals surface area contributed by atoms with E-state index in [4.69, 9.17) is 5.73 Å². The molecule has 5 nitrogen and oxygen atoms in total. The average Bonchev–Trinajstić information content (AvgIpc) is 2.28. The maximum Gasteiger partial charge on any atom is 0.305 e. The van der Waals surface area contributed by atoms with Crippen LogP contribution in [-0.4, -0.2) is 31.7 Å². The van der Waals surface area contributed by atoms with E-state index in [0.29, 0.717) is 12.2 Å². The Kier molecular flexibility index (Phi) is 4.57. The third-order valence-corrected chi connectivity index (χ3v) is 2.31. The number of carbonyl (C=O) groups excluding carboxylic acids is 1. The number of esters is 1. The average molecular weight is 223 g/mol. The van der Waals surface area contributed by atoms with Gasteiger partial charge in [0, 0.05) is 38.0 Å². The van der Waals surface area contributed by atoms with Crippen molar-refractivity contribution in [2.75, 3.05) is 31.3 Å². The summed E-state index contributed by atoms with van der Waals surface area (Å²) in [6.45, 7) is 0.776. The van der Waals surface area contributed by atoms with Crippen LogP contribution in [0.5, 0.6) is 0 Å². The maximum atomic E-state index is 10.9. The van der Waals surface area contributed by atoms with Gasteiger partial charge in [0.1, 0.15) is 5.82 Å². The SMILES string of the molecule is COC(=O)CCCN(C)c1ccnc(N)c1. The molecule has 0 fully saturated rings. The molecular weight excluding hydrogens is 206 g/mol. The Bertz CT molecular complexity index is 355. The Balaban J connectivity index is 2.40. The van der Waals surface area contributed by atoms with Crippen molar-refractivity contribution in [3.8, 4) is 0 Å². The minimum absolute atomic E-state index is 0.178. The lowest BCUT2D eigenvalue weighted by Crippen LogP contribution is -2.19. The van der Waals surface area contributed by atoms with Crippen molar-refractivity contribution in [1.82, 2.24) is 4.98 Å². The van der Waals surface area contributed by atoms with Crippen molar-refractivity contribution in [1.29, 1.82) is 0 Å². The van der Waals surface area contributed by atoms with Gasteiger partial charge in [0.25, 0.3) is 0 Å². The summed E-state index contributed by atoms with van der Waals surface area (Å²) in [7, 11) is 3.35. The highest BCUT2D eigenvalue weighted by Gasteiger charge is 2.04. The molecule has 16 heavy (non-hydrogen) atoms. The first-order valence-electron chi connectivity index (χ1n) is 5.13. The third-order valence-electron chi connectivity index (χ3n) is 2.31. The van der Waals surface area contributed by atoms with E-state index in [1.807, 2.05) is 18.0 Å². The number of nitrogens with zero attached hydrogens (tertiary/aromatic N) is 2. The quantitative estimate of drug-likeness (QED) is 0.756. The number of nitrogens with two attached hydrogens (primary N) is 1. The van der Waals surface area contributed by atoms with Gasteiger partial charge < -0.3 is 15.4 Å². The molecule has 1 rings (SSSR count). The molecule has 1 aromatic heterocycles. The van der Waals surface area contributed by atoms with Gasteiger partial charge in [-0.2, -0.15) is 0 Å². The van der Waals surface area contributed by atoms with E-state index >= 15 is 0 Å². The highest BCUT2D eigenvalue weighted by atomic mass is 16.5. The lowest BCUT2D eigenvalue weighted by atomic mass is 10.2. The highest BCUT2D eigenvalue weighted by Crippen LogP contribution is 2.14. The van der Waals surface area contributed by atoms with Crippen LogP contribution in [0.25, 0.3) is 0 Å². The van der Waals surface area contributed by atoms with Gasteiger partial charge in [-0.3, -0.25) is 4.79 Å². The molecule has 88 valence electrons. The van der Waals surface area contributed by atoms with Crippen LogP contribution >= 0.6 is 0 Å². The lowest BCUT2D eigenvalue weighted by molar-refractivity contribution is -0.140. The van der Waals surface area contributed by atoms with Gasteiger partial charge in [-0.05, 0) is 12.5 Å². The van der Waals surface area contributed by atoms with Crippen LogP contribution in [0, 0.1) is 0 Å². The van der Waals surface area contributed by atoms with Crippen LogP contribution in [0.15, 0.2) is 18.3 Å². The van der Waals surface area contributed by atoms with E-state index in [-0.39, 0.29) is 5.97 Å². The Hall–Kier alpha value is -1.78. The number of anilines is 2. The van der Waals surface area contributed by atoms with Crippen molar-refractivity contribution in [2.24, 2.45) is 0 Å². The molecule has 0 amide bonds. The molecule has 0 aromatic carbocycles. The topological polar surface area (TPSA) is 68.5 Å². The zero-order valence-corrected chi connectivity index (χ0v) is 9.64. The standard InChI is InChI=1S/C11H17N3O2/c1-14(7-3-4-11(15)16-2)9-5-6-13-10(12)8-9/h5-6,8H,3-4,7H2,1-2H3,(H2,12,13). The smallest absolute Gasteiger partial charge is 0.305 e. The summed E-state index contributed by atoms with van der Waals surface area (Å²) < 4.78 is 4.57. The monoisotopic (exact) mass is 223 g/mol. The number of ether oxygens (including phenoxy) is 1. The van der Waals surface area contributed by atoms with Crippen LogP contribution in [0.4, 0.5) is 11.5 Å². The molecule has 0 spiro atoms. The van der Waals surface area contributed by atoms with Gasteiger partial charge >= 0.3 is 5.97 Å². The second-order valence-electron chi connectivity index (χ2n) is 3.54. The van der Waals surface area contributed by atoms with Gasteiger partial charge in [0.15, 0.2) is 0 Å². The predicted octanol–water partition coefficient (Wildman–Crippen LogP) is 1.05. The fraction of sp³-hybridized carbons (Fsp3) is 0.455. The predicted molar refractivity (Wildman–Crippen MR) is 63.2 cm³/mol. The fourth-order valence-corrected chi connectivity index (χ4v) is 1.37. The van der Waals surface area contributed by atoms with E-state index < -0.39 is 0 Å². The summed E-state index contributed by atoms with van der Waals surface area (Å²) in [5.74, 6) is 0.319. The third kappa shape index (κ3) is 3.76. The van der Waals surface area contributed by atoms with Crippen LogP contribution in [0.3, 0.4) is 0 Å². The highest BCUT2D eigenvalue weighted by molar-refractivity contribution is 5.69. The molecule has 1 heterocycles. The van der Waals surface area contributed by atoms with Gasteiger partial charge in [0.05, 0.1) is 7.11 Å². The van der Waals surface area contributed by atoms with Gasteiger partial charge in [-0.1, -0.05) is 0 Å². The van der Waals surface area contributed by atoms with Crippen LogP contribution < -0.4 is 10.6 Å². The Morgan fingerprint density at radius 3 is 3.00 bits per heavy atom.